The highest BCUT2D eigenvalue weighted by atomic mass is 79.9. The first-order valence-corrected chi connectivity index (χ1v) is 4.41. The molecule has 0 fully saturated rings. The molecule has 0 N–H and O–H groups in total. The summed E-state index contributed by atoms with van der Waals surface area (Å²) in [5, 5.41) is 0. The van der Waals surface area contributed by atoms with Crippen LogP contribution >= 0.6 is 15.9 Å². The summed E-state index contributed by atoms with van der Waals surface area (Å²) in [4.78, 5) is 10.5. The van der Waals surface area contributed by atoms with Crippen LogP contribution in [0.15, 0.2) is 22.7 Å². The van der Waals surface area contributed by atoms with E-state index in [-0.39, 0.29) is 5.82 Å². The first kappa shape index (κ1) is 10.3. The molecule has 0 bridgehead atoms. The van der Waals surface area contributed by atoms with Crippen molar-refractivity contribution in [1.82, 2.24) is 0 Å². The molecule has 1 aromatic rings. The van der Waals surface area contributed by atoms with Crippen molar-refractivity contribution in [2.24, 2.45) is 0 Å². The monoisotopic (exact) mass is 246 g/mol. The van der Waals surface area contributed by atoms with E-state index < -0.39 is 6.10 Å². The van der Waals surface area contributed by atoms with Gasteiger partial charge in [0, 0.05) is 17.1 Å². The van der Waals surface area contributed by atoms with E-state index in [9.17, 15) is 9.18 Å². The van der Waals surface area contributed by atoms with Crippen LogP contribution in [0.3, 0.4) is 0 Å². The predicted molar refractivity (Wildman–Crippen MR) is 49.9 cm³/mol. The van der Waals surface area contributed by atoms with Gasteiger partial charge in [0.2, 0.25) is 0 Å². The summed E-state index contributed by atoms with van der Waals surface area (Å²) in [7, 11) is 1.43. The molecule has 0 aliphatic rings. The predicted octanol–water partition coefficient (Wildman–Crippen LogP) is 2.47. The molecule has 2 nitrogen and oxygen atoms in total. The van der Waals surface area contributed by atoms with Gasteiger partial charge in [0.05, 0.1) is 0 Å². The molecule has 4 heteroatoms. The maximum Gasteiger partial charge on any atom is 0.153 e. The molecular formula is C9H8BrFO2. The third-order valence-corrected chi connectivity index (χ3v) is 2.33. The second-order valence-electron chi connectivity index (χ2n) is 2.46. The zero-order valence-electron chi connectivity index (χ0n) is 6.96. The summed E-state index contributed by atoms with van der Waals surface area (Å²) < 4.78 is 18.1. The highest BCUT2D eigenvalue weighted by molar-refractivity contribution is 9.10. The van der Waals surface area contributed by atoms with Gasteiger partial charge in [0.15, 0.2) is 6.29 Å². The summed E-state index contributed by atoms with van der Waals surface area (Å²) in [6.45, 7) is 0. The van der Waals surface area contributed by atoms with Gasteiger partial charge in [-0.25, -0.2) is 4.39 Å². The average molecular weight is 247 g/mol. The van der Waals surface area contributed by atoms with Gasteiger partial charge in [0.1, 0.15) is 11.9 Å². The van der Waals surface area contributed by atoms with E-state index >= 15 is 0 Å². The number of hydrogen-bond acceptors (Lipinski definition) is 2. The number of hydrogen-bond donors (Lipinski definition) is 0. The van der Waals surface area contributed by atoms with Crippen molar-refractivity contribution >= 4 is 22.2 Å². The van der Waals surface area contributed by atoms with Gasteiger partial charge in [-0.2, -0.15) is 0 Å². The van der Waals surface area contributed by atoms with Crippen LogP contribution in [0, 0.1) is 5.82 Å². The van der Waals surface area contributed by atoms with Crippen molar-refractivity contribution < 1.29 is 13.9 Å². The minimum Gasteiger partial charge on any atom is -0.369 e. The molecule has 0 heterocycles. The van der Waals surface area contributed by atoms with Gasteiger partial charge in [-0.15, -0.1) is 0 Å². The molecule has 1 rings (SSSR count). The van der Waals surface area contributed by atoms with Crippen molar-refractivity contribution in [2.75, 3.05) is 7.11 Å². The van der Waals surface area contributed by atoms with E-state index in [0.717, 1.165) is 0 Å². The largest absolute Gasteiger partial charge is 0.369 e. The van der Waals surface area contributed by atoms with Crippen LogP contribution in [0.1, 0.15) is 11.7 Å². The average Bonchev–Trinajstić information content (AvgIpc) is 2.10. The van der Waals surface area contributed by atoms with Crippen LogP contribution in [-0.2, 0) is 9.53 Å². The molecule has 0 aliphatic heterocycles. The van der Waals surface area contributed by atoms with Crippen LogP contribution < -0.4 is 0 Å². The van der Waals surface area contributed by atoms with Gasteiger partial charge in [0.25, 0.3) is 0 Å². The summed E-state index contributed by atoms with van der Waals surface area (Å²) in [5.41, 5.74) is 0.624. The van der Waals surface area contributed by atoms with Gasteiger partial charge in [-0.1, -0.05) is 22.0 Å². The molecule has 1 atom stereocenters. The van der Waals surface area contributed by atoms with Crippen LogP contribution in [0.5, 0.6) is 0 Å². The SMILES string of the molecule is COC(C=O)c1ccc(F)cc1Br. The van der Waals surface area contributed by atoms with Crippen molar-refractivity contribution in [3.63, 3.8) is 0 Å². The zero-order valence-corrected chi connectivity index (χ0v) is 8.55. The summed E-state index contributed by atoms with van der Waals surface area (Å²) in [6.07, 6.45) is 0.0211. The van der Waals surface area contributed by atoms with E-state index in [1.807, 2.05) is 0 Å². The standard InChI is InChI=1S/C9H8BrFO2/c1-13-9(5-12)7-3-2-6(11)4-8(7)10/h2-5,9H,1H3. The number of halogens is 2. The van der Waals surface area contributed by atoms with Gasteiger partial charge in [-0.05, 0) is 12.1 Å². The minimum atomic E-state index is -0.644. The van der Waals surface area contributed by atoms with Crippen molar-refractivity contribution in [1.29, 1.82) is 0 Å². The Labute approximate surface area is 83.8 Å². The minimum absolute atomic E-state index is 0.351. The lowest BCUT2D eigenvalue weighted by Crippen LogP contribution is -2.03. The smallest absolute Gasteiger partial charge is 0.153 e. The Balaban J connectivity index is 3.06. The molecule has 0 radical (unpaired) electrons. The molecule has 1 aromatic carbocycles. The highest BCUT2D eigenvalue weighted by Gasteiger charge is 2.12. The molecule has 70 valence electrons. The van der Waals surface area contributed by atoms with Crippen molar-refractivity contribution in [3.8, 4) is 0 Å². The summed E-state index contributed by atoms with van der Waals surface area (Å²) in [5.74, 6) is -0.351. The van der Waals surface area contributed by atoms with Crippen LogP contribution in [0.4, 0.5) is 4.39 Å². The Hall–Kier alpha value is -0.740. The number of benzene rings is 1. The quantitative estimate of drug-likeness (QED) is 0.767. The first-order chi connectivity index (χ1) is 6.19. The Kier molecular flexibility index (Phi) is 3.57. The lowest BCUT2D eigenvalue weighted by molar-refractivity contribution is -0.116. The lowest BCUT2D eigenvalue weighted by atomic mass is 10.1. The van der Waals surface area contributed by atoms with Crippen molar-refractivity contribution in [3.05, 3.63) is 34.1 Å². The maximum atomic E-state index is 12.7. The Morgan fingerprint density at radius 2 is 2.31 bits per heavy atom. The first-order valence-electron chi connectivity index (χ1n) is 3.62. The fourth-order valence-electron chi connectivity index (χ4n) is 0.988. The van der Waals surface area contributed by atoms with Gasteiger partial charge in [-0.3, -0.25) is 0 Å². The molecule has 0 saturated carbocycles. The van der Waals surface area contributed by atoms with Crippen LogP contribution in [0.25, 0.3) is 0 Å². The zero-order chi connectivity index (χ0) is 9.84. The third kappa shape index (κ3) is 2.35. The Morgan fingerprint density at radius 3 is 2.77 bits per heavy atom. The van der Waals surface area contributed by atoms with Gasteiger partial charge < -0.3 is 9.53 Å². The molecule has 1 unspecified atom stereocenters. The Bertz CT molecular complexity index is 314. The van der Waals surface area contributed by atoms with Crippen molar-refractivity contribution in [2.45, 2.75) is 6.10 Å². The maximum absolute atomic E-state index is 12.7. The molecule has 0 saturated heterocycles. The van der Waals surface area contributed by atoms with Gasteiger partial charge >= 0.3 is 0 Å². The summed E-state index contributed by atoms with van der Waals surface area (Å²) in [6, 6.07) is 4.10. The third-order valence-electron chi connectivity index (χ3n) is 1.65. The van der Waals surface area contributed by atoms with E-state index in [1.165, 1.54) is 25.3 Å². The van der Waals surface area contributed by atoms with E-state index in [2.05, 4.69) is 15.9 Å². The van der Waals surface area contributed by atoms with E-state index in [0.29, 0.717) is 16.3 Å². The number of rotatable bonds is 3. The fourth-order valence-corrected chi connectivity index (χ4v) is 1.56. The molecule has 0 amide bonds. The second kappa shape index (κ2) is 4.48. The number of ether oxygens (including phenoxy) is 1. The topological polar surface area (TPSA) is 26.3 Å². The molecule has 0 aromatic heterocycles. The Morgan fingerprint density at radius 1 is 1.62 bits per heavy atom. The highest BCUT2D eigenvalue weighted by Crippen LogP contribution is 2.24. The number of carbonyl (C=O) groups is 1. The van der Waals surface area contributed by atoms with Crippen LogP contribution in [0.2, 0.25) is 0 Å². The van der Waals surface area contributed by atoms with Crippen LogP contribution in [-0.4, -0.2) is 13.4 Å². The molecule has 0 aliphatic carbocycles. The number of methoxy groups -OCH3 is 1. The molecule has 13 heavy (non-hydrogen) atoms. The second-order valence-corrected chi connectivity index (χ2v) is 3.31. The number of carbonyl (C=O) groups excluding carboxylic acids is 1. The lowest BCUT2D eigenvalue weighted by Gasteiger charge is -2.10. The summed E-state index contributed by atoms with van der Waals surface area (Å²) >= 11 is 3.15. The fraction of sp³-hybridized carbons (Fsp3) is 0.222. The normalized spacial score (nSPS) is 12.5. The van der Waals surface area contributed by atoms with E-state index in [4.69, 9.17) is 4.74 Å². The van der Waals surface area contributed by atoms with E-state index in [1.54, 1.807) is 0 Å². The molecular weight excluding hydrogens is 239 g/mol. The number of aldehydes is 1. The molecule has 0 spiro atoms.